The van der Waals surface area contributed by atoms with E-state index in [0.717, 1.165) is 36.0 Å². The zero-order chi connectivity index (χ0) is 14.5. The molecule has 0 saturated heterocycles. The van der Waals surface area contributed by atoms with Crippen LogP contribution >= 0.6 is 11.3 Å². The van der Waals surface area contributed by atoms with Gasteiger partial charge in [0.15, 0.2) is 10.8 Å². The molecular weight excluding hydrogens is 274 g/mol. The lowest BCUT2D eigenvalue weighted by Crippen LogP contribution is -2.37. The minimum atomic E-state index is 0.00483. The molecular formula is C13H21N5OS. The fourth-order valence-electron chi connectivity index (χ4n) is 2.19. The predicted octanol–water partition coefficient (Wildman–Crippen LogP) is 1.08. The van der Waals surface area contributed by atoms with E-state index in [4.69, 9.17) is 0 Å². The van der Waals surface area contributed by atoms with E-state index in [9.17, 15) is 4.79 Å². The summed E-state index contributed by atoms with van der Waals surface area (Å²) in [6, 6.07) is 0. The topological polar surface area (TPSA) is 61.7 Å². The molecule has 0 aromatic carbocycles. The zero-order valence-electron chi connectivity index (χ0n) is 12.1. The molecule has 0 aliphatic rings. The molecule has 2 aromatic rings. The molecule has 110 valence electrons. The Bertz CT molecular complexity index is 576. The summed E-state index contributed by atoms with van der Waals surface area (Å²) in [5.41, 5.74) is 1.10. The predicted molar refractivity (Wildman–Crippen MR) is 82.4 cm³/mol. The average Bonchev–Trinajstić information content (AvgIpc) is 3.01. The summed E-state index contributed by atoms with van der Waals surface area (Å²) in [5.74, 6) is 0.905. The molecule has 0 aliphatic heterocycles. The highest BCUT2D eigenvalue weighted by atomic mass is 32.1. The lowest BCUT2D eigenvalue weighted by molar-refractivity contribution is -0.119. The first kappa shape index (κ1) is 14.8. The molecule has 2 N–H and O–H groups in total. The number of thiazole rings is 1. The van der Waals surface area contributed by atoms with Crippen LogP contribution in [0.3, 0.4) is 0 Å². The van der Waals surface area contributed by atoms with E-state index >= 15 is 0 Å². The first-order valence-corrected chi connectivity index (χ1v) is 7.63. The Hall–Kier alpha value is -1.60. The van der Waals surface area contributed by atoms with E-state index in [0.29, 0.717) is 6.54 Å². The number of carbonyl (C=O) groups excluding carboxylic acids is 1. The fourth-order valence-corrected chi connectivity index (χ4v) is 2.92. The van der Waals surface area contributed by atoms with Gasteiger partial charge in [-0.1, -0.05) is 6.92 Å². The normalized spacial score (nSPS) is 10.9. The Morgan fingerprint density at radius 3 is 2.95 bits per heavy atom. The number of hydrogen-bond acceptors (Lipinski definition) is 5. The highest BCUT2D eigenvalue weighted by Gasteiger charge is 2.19. The number of likely N-dealkylation sites (N-methyl/N-ethyl adjacent to an activating group) is 1. The Morgan fingerprint density at radius 1 is 1.50 bits per heavy atom. The van der Waals surface area contributed by atoms with Gasteiger partial charge in [-0.3, -0.25) is 9.20 Å². The summed E-state index contributed by atoms with van der Waals surface area (Å²) in [6.45, 7) is 3.98. The second-order valence-electron chi connectivity index (χ2n) is 4.56. The van der Waals surface area contributed by atoms with E-state index in [1.54, 1.807) is 18.4 Å². The van der Waals surface area contributed by atoms with Crippen LogP contribution in [0.2, 0.25) is 0 Å². The van der Waals surface area contributed by atoms with Crippen molar-refractivity contribution in [1.82, 2.24) is 20.0 Å². The van der Waals surface area contributed by atoms with E-state index in [2.05, 4.69) is 26.9 Å². The van der Waals surface area contributed by atoms with Gasteiger partial charge in [0, 0.05) is 31.7 Å². The third-order valence-corrected chi connectivity index (χ3v) is 3.85. The van der Waals surface area contributed by atoms with Crippen molar-refractivity contribution < 1.29 is 4.79 Å². The largest absolute Gasteiger partial charge is 0.358 e. The minimum absolute atomic E-state index is 0.00483. The van der Waals surface area contributed by atoms with Gasteiger partial charge in [-0.25, -0.2) is 4.98 Å². The maximum atomic E-state index is 11.7. The first-order valence-electron chi connectivity index (χ1n) is 6.75. The number of fused-ring (bicyclic) bond motifs is 1. The molecule has 20 heavy (non-hydrogen) atoms. The van der Waals surface area contributed by atoms with E-state index < -0.39 is 0 Å². The van der Waals surface area contributed by atoms with Crippen LogP contribution in [0.25, 0.3) is 4.96 Å². The lowest BCUT2D eigenvalue weighted by atomic mass is 10.3. The molecule has 2 heterocycles. The second kappa shape index (κ2) is 6.71. The number of amides is 1. The Kier molecular flexibility index (Phi) is 4.97. The van der Waals surface area contributed by atoms with Crippen molar-refractivity contribution in [2.75, 3.05) is 32.1 Å². The van der Waals surface area contributed by atoms with Crippen molar-refractivity contribution in [1.29, 1.82) is 0 Å². The van der Waals surface area contributed by atoms with Crippen molar-refractivity contribution in [3.8, 4) is 0 Å². The van der Waals surface area contributed by atoms with Crippen molar-refractivity contribution in [3.63, 3.8) is 0 Å². The fraction of sp³-hybridized carbons (Fsp3) is 0.538. The quantitative estimate of drug-likeness (QED) is 0.802. The molecule has 0 spiro atoms. The van der Waals surface area contributed by atoms with Gasteiger partial charge in [0.2, 0.25) is 5.91 Å². The van der Waals surface area contributed by atoms with Gasteiger partial charge in [-0.2, -0.15) is 0 Å². The molecule has 0 bridgehead atoms. The molecule has 6 nitrogen and oxygen atoms in total. The van der Waals surface area contributed by atoms with Crippen LogP contribution in [0.5, 0.6) is 0 Å². The molecule has 0 saturated carbocycles. The number of nitrogens with one attached hydrogen (secondary N) is 2. The van der Waals surface area contributed by atoms with Crippen LogP contribution in [0, 0.1) is 0 Å². The second-order valence-corrected chi connectivity index (χ2v) is 5.44. The van der Waals surface area contributed by atoms with Crippen LogP contribution in [0.4, 0.5) is 5.82 Å². The number of anilines is 1. The third kappa shape index (κ3) is 2.94. The van der Waals surface area contributed by atoms with Gasteiger partial charge >= 0.3 is 0 Å². The monoisotopic (exact) mass is 295 g/mol. The number of rotatable bonds is 7. The molecule has 0 aliphatic carbocycles. The van der Waals surface area contributed by atoms with Gasteiger partial charge < -0.3 is 15.5 Å². The maximum Gasteiger partial charge on any atom is 0.239 e. The van der Waals surface area contributed by atoms with Gasteiger partial charge in [0.05, 0.1) is 12.2 Å². The number of nitrogens with zero attached hydrogens (tertiary/aromatic N) is 3. The summed E-state index contributed by atoms with van der Waals surface area (Å²) >= 11 is 1.61. The molecule has 0 radical (unpaired) electrons. The minimum Gasteiger partial charge on any atom is -0.358 e. The molecule has 2 aromatic heterocycles. The summed E-state index contributed by atoms with van der Waals surface area (Å²) in [7, 11) is 3.57. The lowest BCUT2D eigenvalue weighted by Gasteiger charge is -2.22. The molecule has 0 atom stereocenters. The number of imidazole rings is 1. The highest BCUT2D eigenvalue weighted by Crippen LogP contribution is 2.24. The van der Waals surface area contributed by atoms with Crippen molar-refractivity contribution in [2.45, 2.75) is 19.9 Å². The van der Waals surface area contributed by atoms with Gasteiger partial charge in [-0.05, 0) is 13.5 Å². The summed E-state index contributed by atoms with van der Waals surface area (Å²) in [6.07, 6.45) is 2.99. The molecule has 7 heteroatoms. The van der Waals surface area contributed by atoms with Crippen molar-refractivity contribution >= 4 is 28.0 Å². The summed E-state index contributed by atoms with van der Waals surface area (Å²) < 4.78 is 2.09. The number of hydrogen-bond donors (Lipinski definition) is 2. The number of aromatic nitrogens is 2. The van der Waals surface area contributed by atoms with E-state index in [1.807, 2.05) is 23.5 Å². The summed E-state index contributed by atoms with van der Waals surface area (Å²) in [4.78, 5) is 19.4. The standard InChI is InChI=1S/C13H21N5OS/c1-4-5-17(9-11(19)15-3)12-10(8-14-2)18-6-7-20-13(18)16-12/h6-7,14H,4-5,8-9H2,1-3H3,(H,15,19). The Balaban J connectivity index is 2.37. The molecule has 1 amide bonds. The van der Waals surface area contributed by atoms with Crippen molar-refractivity contribution in [3.05, 3.63) is 17.3 Å². The van der Waals surface area contributed by atoms with Gasteiger partial charge in [-0.15, -0.1) is 11.3 Å². The summed E-state index contributed by atoms with van der Waals surface area (Å²) in [5, 5.41) is 7.87. The smallest absolute Gasteiger partial charge is 0.239 e. The first-order chi connectivity index (χ1) is 9.71. The Labute approximate surface area is 122 Å². The number of carbonyl (C=O) groups is 1. The van der Waals surface area contributed by atoms with E-state index in [1.165, 1.54) is 0 Å². The van der Waals surface area contributed by atoms with E-state index in [-0.39, 0.29) is 5.91 Å². The SMILES string of the molecule is CCCN(CC(=O)NC)c1nc2sccn2c1CNC. The molecule has 0 unspecified atom stereocenters. The van der Waals surface area contributed by atoms with Crippen LogP contribution in [0.15, 0.2) is 11.6 Å². The highest BCUT2D eigenvalue weighted by molar-refractivity contribution is 7.15. The van der Waals surface area contributed by atoms with Crippen molar-refractivity contribution in [2.24, 2.45) is 0 Å². The van der Waals surface area contributed by atoms with Crippen LogP contribution in [0.1, 0.15) is 19.0 Å². The molecule has 2 rings (SSSR count). The average molecular weight is 295 g/mol. The zero-order valence-corrected chi connectivity index (χ0v) is 13.0. The molecule has 0 fully saturated rings. The maximum absolute atomic E-state index is 11.7. The Morgan fingerprint density at radius 2 is 2.30 bits per heavy atom. The van der Waals surface area contributed by atoms with Crippen LogP contribution < -0.4 is 15.5 Å². The van der Waals surface area contributed by atoms with Gasteiger partial charge in [0.25, 0.3) is 0 Å². The van der Waals surface area contributed by atoms with Crippen LogP contribution in [-0.2, 0) is 11.3 Å². The van der Waals surface area contributed by atoms with Crippen LogP contribution in [-0.4, -0.2) is 42.5 Å². The third-order valence-electron chi connectivity index (χ3n) is 3.09. The van der Waals surface area contributed by atoms with Gasteiger partial charge in [0.1, 0.15) is 0 Å².